The first-order valence-electron chi connectivity index (χ1n) is 3.89. The predicted octanol–water partition coefficient (Wildman–Crippen LogP) is 0.0648. The van der Waals surface area contributed by atoms with Gasteiger partial charge in [0.15, 0.2) is 0 Å². The summed E-state index contributed by atoms with van der Waals surface area (Å²) >= 11 is 0. The fraction of sp³-hybridized carbons (Fsp3) is 0.714. The molecule has 0 spiro atoms. The average Bonchev–Trinajstić information content (AvgIpc) is 2.36. The number of carbonyl (C=O) groups is 1. The molecule has 1 aliphatic carbocycles. The molecule has 3 aliphatic rings. The molecular weight excluding hydrogens is 158 g/mol. The van der Waals surface area contributed by atoms with Crippen molar-refractivity contribution in [1.82, 2.24) is 4.90 Å². The fourth-order valence-corrected chi connectivity index (χ4v) is 2.18. The number of carboxylic acid groups (broad SMARTS) is 1. The van der Waals surface area contributed by atoms with Crippen LogP contribution >= 0.6 is 0 Å². The number of hydrogen-bond acceptors (Lipinski definition) is 2. The highest BCUT2D eigenvalue weighted by Gasteiger charge is 2.58. The summed E-state index contributed by atoms with van der Waals surface area (Å²) in [5.41, 5.74) is 5.09. The van der Waals surface area contributed by atoms with Crippen LogP contribution in [0.3, 0.4) is 0 Å². The molecule has 0 radical (unpaired) electrons. The molecule has 2 heterocycles. The van der Waals surface area contributed by atoms with E-state index in [1.807, 2.05) is 0 Å². The van der Waals surface area contributed by atoms with Crippen LogP contribution in [0.15, 0.2) is 0 Å². The first kappa shape index (κ1) is 7.39. The second kappa shape index (κ2) is 1.91. The summed E-state index contributed by atoms with van der Waals surface area (Å²) in [6, 6.07) is 0.117. The predicted molar refractivity (Wildman–Crippen MR) is 42.1 cm³/mol. The quantitative estimate of drug-likeness (QED) is 0.383. The minimum Gasteiger partial charge on any atom is -0.465 e. The maximum absolute atomic E-state index is 10.6. The summed E-state index contributed by atoms with van der Waals surface area (Å²) in [6.07, 6.45) is 0.601. The largest absolute Gasteiger partial charge is 0.465 e. The number of amides is 1. The Hall–Kier alpha value is -1.26. The van der Waals surface area contributed by atoms with Crippen molar-refractivity contribution in [3.8, 4) is 0 Å². The van der Waals surface area contributed by atoms with Crippen molar-refractivity contribution in [1.29, 1.82) is 5.41 Å². The molecule has 12 heavy (non-hydrogen) atoms. The van der Waals surface area contributed by atoms with Gasteiger partial charge in [-0.2, -0.15) is 0 Å². The van der Waals surface area contributed by atoms with Crippen molar-refractivity contribution in [2.45, 2.75) is 18.9 Å². The Balaban J connectivity index is 2.15. The highest BCUT2D eigenvalue weighted by Crippen LogP contribution is 2.51. The van der Waals surface area contributed by atoms with Crippen LogP contribution in [0.1, 0.15) is 12.8 Å². The molecule has 1 saturated carbocycles. The lowest BCUT2D eigenvalue weighted by atomic mass is 9.69. The smallest absolute Gasteiger partial charge is 0.407 e. The summed E-state index contributed by atoms with van der Waals surface area (Å²) in [5, 5.41) is 16.0. The van der Waals surface area contributed by atoms with Crippen LogP contribution < -0.4 is 5.73 Å². The van der Waals surface area contributed by atoms with E-state index in [1.54, 1.807) is 0 Å². The Morgan fingerprint density at radius 2 is 2.25 bits per heavy atom. The minimum absolute atomic E-state index is 0.117. The van der Waals surface area contributed by atoms with Gasteiger partial charge in [-0.1, -0.05) is 0 Å². The van der Waals surface area contributed by atoms with Gasteiger partial charge in [0.2, 0.25) is 0 Å². The molecule has 3 fully saturated rings. The fourth-order valence-electron chi connectivity index (χ4n) is 2.18. The monoisotopic (exact) mass is 169 g/mol. The van der Waals surface area contributed by atoms with Crippen molar-refractivity contribution in [3.63, 3.8) is 0 Å². The summed E-state index contributed by atoms with van der Waals surface area (Å²) in [5.74, 6) is 0.141. The molecule has 1 amide bonds. The second-order valence-electron chi connectivity index (χ2n) is 3.67. The molecule has 2 bridgehead atoms. The Kier molecular flexibility index (Phi) is 1.18. The highest BCUT2D eigenvalue weighted by atomic mass is 16.4. The molecular formula is C7H11N3O2. The van der Waals surface area contributed by atoms with E-state index in [2.05, 4.69) is 0 Å². The van der Waals surface area contributed by atoms with Crippen molar-refractivity contribution in [2.24, 2.45) is 11.1 Å². The third-order valence-corrected chi connectivity index (χ3v) is 2.98. The van der Waals surface area contributed by atoms with Crippen LogP contribution in [0.25, 0.3) is 0 Å². The lowest BCUT2D eigenvalue weighted by molar-refractivity contribution is 0.141. The van der Waals surface area contributed by atoms with Gasteiger partial charge < -0.3 is 15.7 Å². The number of rotatable bonds is 1. The summed E-state index contributed by atoms with van der Waals surface area (Å²) in [6.45, 7) is 0.419. The molecule has 0 atom stereocenters. The zero-order valence-corrected chi connectivity index (χ0v) is 6.58. The van der Waals surface area contributed by atoms with E-state index >= 15 is 0 Å². The zero-order valence-electron chi connectivity index (χ0n) is 6.58. The van der Waals surface area contributed by atoms with Crippen LogP contribution in [0.2, 0.25) is 0 Å². The molecule has 5 nitrogen and oxygen atoms in total. The summed E-state index contributed by atoms with van der Waals surface area (Å²) < 4.78 is 0. The molecule has 0 aromatic carbocycles. The Bertz CT molecular complexity index is 257. The van der Waals surface area contributed by atoms with E-state index in [1.165, 1.54) is 4.90 Å². The molecule has 4 N–H and O–H groups in total. The maximum Gasteiger partial charge on any atom is 0.407 e. The highest BCUT2D eigenvalue weighted by molar-refractivity contribution is 5.87. The molecule has 2 aliphatic heterocycles. The van der Waals surface area contributed by atoms with Gasteiger partial charge in [-0.15, -0.1) is 0 Å². The SMILES string of the molecule is N=C(N)C12CC(C1)N(C(=O)O)C2. The van der Waals surface area contributed by atoms with Crippen LogP contribution in [0, 0.1) is 10.8 Å². The lowest BCUT2D eigenvalue weighted by Gasteiger charge is -2.35. The van der Waals surface area contributed by atoms with E-state index in [0.717, 1.165) is 12.8 Å². The van der Waals surface area contributed by atoms with E-state index in [0.29, 0.717) is 6.54 Å². The van der Waals surface area contributed by atoms with E-state index in [-0.39, 0.29) is 17.3 Å². The number of nitrogens with zero attached hydrogens (tertiary/aromatic N) is 1. The van der Waals surface area contributed by atoms with E-state index in [4.69, 9.17) is 16.2 Å². The maximum atomic E-state index is 10.6. The first-order chi connectivity index (χ1) is 5.55. The van der Waals surface area contributed by atoms with E-state index in [9.17, 15) is 4.79 Å². The normalized spacial score (nSPS) is 37.7. The van der Waals surface area contributed by atoms with Crippen molar-refractivity contribution < 1.29 is 9.90 Å². The molecule has 0 unspecified atom stereocenters. The number of amidine groups is 1. The third-order valence-electron chi connectivity index (χ3n) is 2.98. The van der Waals surface area contributed by atoms with Gasteiger partial charge in [-0.25, -0.2) is 4.79 Å². The number of nitrogens with two attached hydrogens (primary N) is 1. The molecule has 2 saturated heterocycles. The Labute approximate surface area is 69.7 Å². The van der Waals surface area contributed by atoms with Crippen LogP contribution in [-0.4, -0.2) is 34.5 Å². The summed E-state index contributed by atoms with van der Waals surface area (Å²) in [4.78, 5) is 12.0. The molecule has 0 aromatic rings. The van der Waals surface area contributed by atoms with Gasteiger partial charge in [-0.3, -0.25) is 5.41 Å². The van der Waals surface area contributed by atoms with Crippen molar-refractivity contribution in [3.05, 3.63) is 0 Å². The van der Waals surface area contributed by atoms with Gasteiger partial charge >= 0.3 is 6.09 Å². The lowest BCUT2D eigenvalue weighted by Crippen LogP contribution is -2.44. The topological polar surface area (TPSA) is 90.4 Å². The average molecular weight is 169 g/mol. The molecule has 3 rings (SSSR count). The van der Waals surface area contributed by atoms with Gasteiger partial charge in [0.25, 0.3) is 0 Å². The van der Waals surface area contributed by atoms with Gasteiger partial charge in [0.05, 0.1) is 5.84 Å². The van der Waals surface area contributed by atoms with Gasteiger partial charge in [-0.05, 0) is 12.8 Å². The van der Waals surface area contributed by atoms with Gasteiger partial charge in [0, 0.05) is 18.0 Å². The number of fused-ring (bicyclic) bond motifs is 1. The first-order valence-corrected chi connectivity index (χ1v) is 3.89. The van der Waals surface area contributed by atoms with Crippen LogP contribution in [-0.2, 0) is 0 Å². The van der Waals surface area contributed by atoms with Crippen LogP contribution in [0.5, 0.6) is 0 Å². The van der Waals surface area contributed by atoms with Crippen LogP contribution in [0.4, 0.5) is 4.79 Å². The van der Waals surface area contributed by atoms with Gasteiger partial charge in [0.1, 0.15) is 0 Å². The Morgan fingerprint density at radius 1 is 1.67 bits per heavy atom. The van der Waals surface area contributed by atoms with E-state index < -0.39 is 6.09 Å². The van der Waals surface area contributed by atoms with Crippen molar-refractivity contribution >= 4 is 11.9 Å². The second-order valence-corrected chi connectivity index (χ2v) is 3.67. The Morgan fingerprint density at radius 3 is 2.50 bits per heavy atom. The van der Waals surface area contributed by atoms with Crippen molar-refractivity contribution in [2.75, 3.05) is 6.54 Å². The minimum atomic E-state index is -0.888. The summed E-state index contributed by atoms with van der Waals surface area (Å²) in [7, 11) is 0. The molecule has 0 aromatic heterocycles. The number of nitrogens with one attached hydrogen (secondary N) is 1. The third kappa shape index (κ3) is 0.680. The standard InChI is InChI=1S/C7H11N3O2/c8-5(9)7-1-4(2-7)10(3-7)6(11)12/h4H,1-3H2,(H3,8,9)(H,11,12). The molecule has 5 heteroatoms. The molecule has 66 valence electrons. The zero-order chi connectivity index (χ0) is 8.93. The number of hydrogen-bond donors (Lipinski definition) is 3.